The second-order valence-electron chi connectivity index (χ2n) is 6.39. The molecule has 2 fully saturated rings. The van der Waals surface area contributed by atoms with E-state index in [2.05, 4.69) is 16.0 Å². The molecular formula is C17H24ClN3O. The first-order valence-electron chi connectivity index (χ1n) is 8.27. The number of hydrogen-bond donors (Lipinski definition) is 3. The number of carbonyl (C=O) groups is 1. The Morgan fingerprint density at radius 2 is 1.95 bits per heavy atom. The van der Waals surface area contributed by atoms with Gasteiger partial charge in [0.2, 0.25) is 5.91 Å². The second-order valence-corrected chi connectivity index (χ2v) is 6.83. The molecule has 0 spiro atoms. The predicted molar refractivity (Wildman–Crippen MR) is 91.6 cm³/mol. The van der Waals surface area contributed by atoms with Crippen molar-refractivity contribution in [1.82, 2.24) is 5.32 Å². The number of rotatable bonds is 6. The fourth-order valence-corrected chi connectivity index (χ4v) is 3.08. The summed E-state index contributed by atoms with van der Waals surface area (Å²) in [6.45, 7) is 2.16. The lowest BCUT2D eigenvalue weighted by molar-refractivity contribution is -0.116. The van der Waals surface area contributed by atoms with Crippen LogP contribution in [0.3, 0.4) is 0 Å². The molecule has 0 atom stereocenters. The van der Waals surface area contributed by atoms with Crippen LogP contribution < -0.4 is 16.0 Å². The monoisotopic (exact) mass is 321 g/mol. The molecule has 2 aliphatic rings. The van der Waals surface area contributed by atoms with Crippen LogP contribution in [0.2, 0.25) is 5.02 Å². The maximum Gasteiger partial charge on any atom is 0.224 e. The summed E-state index contributed by atoms with van der Waals surface area (Å²) in [5, 5.41) is 10.5. The van der Waals surface area contributed by atoms with Gasteiger partial charge in [-0.3, -0.25) is 4.79 Å². The van der Waals surface area contributed by atoms with Crippen molar-refractivity contribution >= 4 is 28.9 Å². The highest BCUT2D eigenvalue weighted by molar-refractivity contribution is 6.31. The van der Waals surface area contributed by atoms with E-state index in [0.717, 1.165) is 30.9 Å². The first-order valence-corrected chi connectivity index (χ1v) is 8.65. The molecule has 120 valence electrons. The molecule has 3 N–H and O–H groups in total. The van der Waals surface area contributed by atoms with Gasteiger partial charge < -0.3 is 16.0 Å². The van der Waals surface area contributed by atoms with Gasteiger partial charge in [0, 0.05) is 17.5 Å². The fraction of sp³-hybridized carbons (Fsp3) is 0.588. The maximum atomic E-state index is 12.2. The van der Waals surface area contributed by atoms with Crippen LogP contribution in [0.15, 0.2) is 18.2 Å². The van der Waals surface area contributed by atoms with Crippen molar-refractivity contribution in [3.8, 4) is 0 Å². The summed E-state index contributed by atoms with van der Waals surface area (Å²) >= 11 is 6.07. The Bertz CT molecular complexity index is 525. The Morgan fingerprint density at radius 3 is 2.68 bits per heavy atom. The predicted octanol–water partition coefficient (Wildman–Crippen LogP) is 3.63. The smallest absolute Gasteiger partial charge is 0.224 e. The van der Waals surface area contributed by atoms with Crippen LogP contribution in [-0.4, -0.2) is 25.0 Å². The van der Waals surface area contributed by atoms with Crippen LogP contribution in [0.5, 0.6) is 0 Å². The molecule has 22 heavy (non-hydrogen) atoms. The van der Waals surface area contributed by atoms with Crippen molar-refractivity contribution < 1.29 is 4.79 Å². The minimum Gasteiger partial charge on any atom is -0.381 e. The molecule has 4 nitrogen and oxygen atoms in total. The fourth-order valence-electron chi connectivity index (χ4n) is 2.91. The lowest BCUT2D eigenvalue weighted by atomic mass is 9.93. The summed E-state index contributed by atoms with van der Waals surface area (Å²) in [5.41, 5.74) is 1.77. The summed E-state index contributed by atoms with van der Waals surface area (Å²) in [6, 6.07) is 6.18. The topological polar surface area (TPSA) is 53.2 Å². The number of benzene rings is 1. The number of amides is 1. The van der Waals surface area contributed by atoms with Gasteiger partial charge in [0.15, 0.2) is 0 Å². The normalized spacial score (nSPS) is 19.0. The average Bonchev–Trinajstić information content (AvgIpc) is 3.33. The third-order valence-corrected chi connectivity index (χ3v) is 4.67. The number of nitrogens with one attached hydrogen (secondary N) is 3. The average molecular weight is 322 g/mol. The molecule has 1 heterocycles. The van der Waals surface area contributed by atoms with Gasteiger partial charge in [-0.2, -0.15) is 0 Å². The van der Waals surface area contributed by atoms with E-state index in [0.29, 0.717) is 23.4 Å². The van der Waals surface area contributed by atoms with Crippen molar-refractivity contribution in [3.63, 3.8) is 0 Å². The van der Waals surface area contributed by atoms with E-state index >= 15 is 0 Å². The summed E-state index contributed by atoms with van der Waals surface area (Å²) in [4.78, 5) is 12.2. The molecule has 1 aliphatic heterocycles. The summed E-state index contributed by atoms with van der Waals surface area (Å²) < 4.78 is 0. The molecule has 1 amide bonds. The number of piperidine rings is 1. The molecule has 1 saturated heterocycles. The minimum atomic E-state index is 0.0830. The third-order valence-electron chi connectivity index (χ3n) is 4.43. The standard InChI is InChI=1S/C17H24ClN3O/c18-13-2-5-15(20-14-3-4-14)16(11-13)21-17(22)6-1-12-7-9-19-10-8-12/h2,5,11-12,14,19-20H,1,3-4,6-10H2,(H,21,22). The summed E-state index contributed by atoms with van der Waals surface area (Å²) in [5.74, 6) is 0.759. The Labute approximate surface area is 137 Å². The first kappa shape index (κ1) is 15.6. The molecule has 0 bridgehead atoms. The van der Waals surface area contributed by atoms with E-state index in [4.69, 9.17) is 11.6 Å². The van der Waals surface area contributed by atoms with Gasteiger partial charge in [-0.1, -0.05) is 11.6 Å². The molecule has 5 heteroatoms. The molecular weight excluding hydrogens is 298 g/mol. The molecule has 3 rings (SSSR count). The van der Waals surface area contributed by atoms with E-state index in [1.165, 1.54) is 25.7 Å². The van der Waals surface area contributed by atoms with Crippen molar-refractivity contribution in [2.75, 3.05) is 23.7 Å². The zero-order valence-corrected chi connectivity index (χ0v) is 13.6. The molecule has 1 aromatic carbocycles. The van der Waals surface area contributed by atoms with Crippen LogP contribution in [-0.2, 0) is 4.79 Å². The van der Waals surface area contributed by atoms with E-state index < -0.39 is 0 Å². The Hall–Kier alpha value is -1.26. The zero-order chi connectivity index (χ0) is 15.4. The van der Waals surface area contributed by atoms with E-state index in [9.17, 15) is 4.79 Å². The van der Waals surface area contributed by atoms with Gasteiger partial charge in [-0.05, 0) is 69.3 Å². The molecule has 0 radical (unpaired) electrons. The molecule has 1 saturated carbocycles. The highest BCUT2D eigenvalue weighted by atomic mass is 35.5. The van der Waals surface area contributed by atoms with Crippen molar-refractivity contribution in [1.29, 1.82) is 0 Å². The Kier molecular flexibility index (Phi) is 5.21. The van der Waals surface area contributed by atoms with E-state index in [-0.39, 0.29) is 5.91 Å². The van der Waals surface area contributed by atoms with E-state index in [1.54, 1.807) is 0 Å². The third kappa shape index (κ3) is 4.62. The van der Waals surface area contributed by atoms with Gasteiger partial charge >= 0.3 is 0 Å². The molecule has 0 unspecified atom stereocenters. The van der Waals surface area contributed by atoms with E-state index in [1.807, 2.05) is 18.2 Å². The van der Waals surface area contributed by atoms with Gasteiger partial charge in [0.05, 0.1) is 11.4 Å². The van der Waals surface area contributed by atoms with Gasteiger partial charge in [0.25, 0.3) is 0 Å². The van der Waals surface area contributed by atoms with Crippen LogP contribution in [0.4, 0.5) is 11.4 Å². The van der Waals surface area contributed by atoms with Crippen LogP contribution in [0.25, 0.3) is 0 Å². The van der Waals surface area contributed by atoms with Gasteiger partial charge in [-0.25, -0.2) is 0 Å². The molecule has 1 aliphatic carbocycles. The summed E-state index contributed by atoms with van der Waals surface area (Å²) in [6.07, 6.45) is 6.31. The van der Waals surface area contributed by atoms with Crippen molar-refractivity contribution in [2.45, 2.75) is 44.6 Å². The lowest BCUT2D eigenvalue weighted by Crippen LogP contribution is -2.28. The second kappa shape index (κ2) is 7.34. The van der Waals surface area contributed by atoms with Gasteiger partial charge in [0.1, 0.15) is 0 Å². The van der Waals surface area contributed by atoms with Crippen LogP contribution in [0.1, 0.15) is 38.5 Å². The number of carbonyl (C=O) groups excluding carboxylic acids is 1. The molecule has 1 aromatic rings. The highest BCUT2D eigenvalue weighted by Crippen LogP contribution is 2.31. The summed E-state index contributed by atoms with van der Waals surface area (Å²) in [7, 11) is 0. The van der Waals surface area contributed by atoms with Crippen LogP contribution >= 0.6 is 11.6 Å². The van der Waals surface area contributed by atoms with Crippen molar-refractivity contribution in [3.05, 3.63) is 23.2 Å². The number of anilines is 2. The Morgan fingerprint density at radius 1 is 1.18 bits per heavy atom. The Balaban J connectivity index is 1.54. The van der Waals surface area contributed by atoms with Crippen LogP contribution in [0, 0.1) is 5.92 Å². The minimum absolute atomic E-state index is 0.0830. The largest absolute Gasteiger partial charge is 0.381 e. The SMILES string of the molecule is O=C(CCC1CCNCC1)Nc1cc(Cl)ccc1NC1CC1. The highest BCUT2D eigenvalue weighted by Gasteiger charge is 2.22. The zero-order valence-electron chi connectivity index (χ0n) is 12.8. The number of halogens is 1. The van der Waals surface area contributed by atoms with Gasteiger partial charge in [-0.15, -0.1) is 0 Å². The lowest BCUT2D eigenvalue weighted by Gasteiger charge is -2.22. The number of hydrogen-bond acceptors (Lipinski definition) is 3. The molecule has 0 aromatic heterocycles. The first-order chi connectivity index (χ1) is 10.7. The quantitative estimate of drug-likeness (QED) is 0.750. The van der Waals surface area contributed by atoms with Crippen molar-refractivity contribution in [2.24, 2.45) is 5.92 Å². The maximum absolute atomic E-state index is 12.2.